The van der Waals surface area contributed by atoms with Crippen molar-refractivity contribution in [2.75, 3.05) is 0 Å². The van der Waals surface area contributed by atoms with Gasteiger partial charge in [-0.2, -0.15) is 0 Å². The minimum atomic E-state index is -0.780. The number of nitrogens with one attached hydrogen (secondary N) is 1. The van der Waals surface area contributed by atoms with Crippen molar-refractivity contribution in [3.05, 3.63) is 123 Å². The predicted molar refractivity (Wildman–Crippen MR) is 121 cm³/mol. The first-order valence-electron chi connectivity index (χ1n) is 10.4. The Morgan fingerprint density at radius 2 is 1.61 bits per heavy atom. The molecule has 164 valence electrons. The van der Waals surface area contributed by atoms with Crippen LogP contribution < -0.4 is 5.56 Å². The standard InChI is InChI=1S/C26H19F2N3O2/c27-18-11-9-17(10-12-18)14-21-26(33)31-15-22(19-7-4-8-23(32)24(19)28)29-20(25(31)30-21)13-16-5-2-1-3-6-16/h1-12,15,29,32H,13-14H2. The molecule has 0 saturated carbocycles. The Labute approximate surface area is 188 Å². The third-order valence-corrected chi connectivity index (χ3v) is 5.53. The quantitative estimate of drug-likeness (QED) is 0.409. The molecular weight excluding hydrogens is 424 g/mol. The van der Waals surface area contributed by atoms with Gasteiger partial charge >= 0.3 is 0 Å². The molecule has 2 aliphatic heterocycles. The van der Waals surface area contributed by atoms with E-state index in [1.165, 1.54) is 41.1 Å². The maximum Gasteiger partial charge on any atom is 0.278 e. The van der Waals surface area contributed by atoms with Gasteiger partial charge in [-0.05, 0) is 35.4 Å². The molecule has 0 spiro atoms. The van der Waals surface area contributed by atoms with Crippen molar-refractivity contribution in [3.63, 3.8) is 0 Å². The summed E-state index contributed by atoms with van der Waals surface area (Å²) in [4.78, 5) is 21.0. The van der Waals surface area contributed by atoms with E-state index in [0.29, 0.717) is 29.3 Å². The van der Waals surface area contributed by atoms with Crippen LogP contribution in [0.5, 0.6) is 5.75 Å². The number of phenolic OH excluding ortho intramolecular Hbond substituents is 1. The molecule has 2 aliphatic rings. The van der Waals surface area contributed by atoms with Crippen molar-refractivity contribution in [3.8, 4) is 22.8 Å². The molecule has 0 aliphatic carbocycles. The first-order chi connectivity index (χ1) is 16.0. The maximum absolute atomic E-state index is 14.7. The van der Waals surface area contributed by atoms with E-state index in [1.54, 1.807) is 12.1 Å². The van der Waals surface area contributed by atoms with Gasteiger partial charge in [0.25, 0.3) is 5.56 Å². The Morgan fingerprint density at radius 1 is 0.879 bits per heavy atom. The number of imidazole rings is 1. The van der Waals surface area contributed by atoms with Crippen LogP contribution in [0.25, 0.3) is 17.1 Å². The maximum atomic E-state index is 14.7. The van der Waals surface area contributed by atoms with Gasteiger partial charge in [0.15, 0.2) is 17.4 Å². The van der Waals surface area contributed by atoms with Gasteiger partial charge in [0.1, 0.15) is 11.5 Å². The first kappa shape index (κ1) is 20.6. The minimum absolute atomic E-state index is 0.138. The van der Waals surface area contributed by atoms with Crippen molar-refractivity contribution in [1.29, 1.82) is 0 Å². The molecule has 2 N–H and O–H groups in total. The molecule has 0 radical (unpaired) electrons. The Morgan fingerprint density at radius 3 is 2.36 bits per heavy atom. The zero-order chi connectivity index (χ0) is 22.9. The molecule has 3 aromatic carbocycles. The number of aromatic hydroxyl groups is 1. The number of rotatable bonds is 5. The fourth-order valence-corrected chi connectivity index (χ4v) is 3.88. The SMILES string of the molecule is O=c1c(Cc2ccc(F)cc2)nc2c(Cc3ccccc3)[nH]c(-c3cccc(O)c3F)cn1-2. The van der Waals surface area contributed by atoms with E-state index in [0.717, 1.165) is 11.1 Å². The summed E-state index contributed by atoms with van der Waals surface area (Å²) in [5.74, 6) is -1.17. The molecule has 5 rings (SSSR count). The zero-order valence-electron chi connectivity index (χ0n) is 17.4. The number of phenols is 1. The van der Waals surface area contributed by atoms with Gasteiger partial charge in [-0.3, -0.25) is 9.36 Å². The number of halogens is 2. The Kier molecular flexibility index (Phi) is 5.22. The summed E-state index contributed by atoms with van der Waals surface area (Å²) >= 11 is 0. The molecule has 0 saturated heterocycles. The molecule has 0 aromatic heterocycles. The number of H-pyrrole nitrogens is 1. The fraction of sp³-hybridized carbons (Fsp3) is 0.0769. The highest BCUT2D eigenvalue weighted by atomic mass is 19.1. The second-order valence-electron chi connectivity index (χ2n) is 7.81. The smallest absolute Gasteiger partial charge is 0.278 e. The molecule has 0 amide bonds. The van der Waals surface area contributed by atoms with Crippen molar-refractivity contribution in [2.45, 2.75) is 12.8 Å². The van der Waals surface area contributed by atoms with Crippen LogP contribution in [0.3, 0.4) is 0 Å². The van der Waals surface area contributed by atoms with Gasteiger partial charge in [0, 0.05) is 24.6 Å². The van der Waals surface area contributed by atoms with E-state index in [-0.39, 0.29) is 23.4 Å². The highest BCUT2D eigenvalue weighted by Crippen LogP contribution is 2.29. The van der Waals surface area contributed by atoms with E-state index in [2.05, 4.69) is 9.97 Å². The predicted octanol–water partition coefficient (Wildman–Crippen LogP) is 4.83. The Bertz CT molecular complexity index is 1460. The average Bonchev–Trinajstić information content (AvgIpc) is 3.13. The summed E-state index contributed by atoms with van der Waals surface area (Å²) in [5, 5.41) is 9.83. The van der Waals surface area contributed by atoms with Crippen LogP contribution in [0.15, 0.2) is 83.8 Å². The third kappa shape index (κ3) is 4.01. The molecule has 2 heterocycles. The summed E-state index contributed by atoms with van der Waals surface area (Å²) in [5.41, 5.74) is 2.81. The second-order valence-corrected chi connectivity index (χ2v) is 7.81. The number of aromatic nitrogens is 3. The lowest BCUT2D eigenvalue weighted by Gasteiger charge is -2.14. The largest absolute Gasteiger partial charge is 0.505 e. The van der Waals surface area contributed by atoms with Crippen LogP contribution >= 0.6 is 0 Å². The van der Waals surface area contributed by atoms with Gasteiger partial charge in [-0.15, -0.1) is 0 Å². The van der Waals surface area contributed by atoms with Gasteiger partial charge < -0.3 is 10.1 Å². The van der Waals surface area contributed by atoms with Crippen LogP contribution in [0.2, 0.25) is 0 Å². The van der Waals surface area contributed by atoms with E-state index in [4.69, 9.17) is 0 Å². The summed E-state index contributed by atoms with van der Waals surface area (Å²) in [6.07, 6.45) is 2.16. The van der Waals surface area contributed by atoms with E-state index in [1.807, 2.05) is 30.3 Å². The lowest BCUT2D eigenvalue weighted by molar-refractivity contribution is 0.433. The van der Waals surface area contributed by atoms with Crippen molar-refractivity contribution < 1.29 is 13.9 Å². The second kappa shape index (κ2) is 8.35. The van der Waals surface area contributed by atoms with Crippen LogP contribution in [-0.2, 0) is 12.8 Å². The van der Waals surface area contributed by atoms with Gasteiger partial charge in [-0.25, -0.2) is 13.8 Å². The van der Waals surface area contributed by atoms with Crippen molar-refractivity contribution in [2.24, 2.45) is 0 Å². The first-order valence-corrected chi connectivity index (χ1v) is 10.4. The molecule has 0 fully saturated rings. The van der Waals surface area contributed by atoms with E-state index < -0.39 is 11.6 Å². The van der Waals surface area contributed by atoms with Crippen molar-refractivity contribution in [1.82, 2.24) is 14.5 Å². The lowest BCUT2D eigenvalue weighted by atomic mass is 10.1. The fourth-order valence-electron chi connectivity index (χ4n) is 3.88. The molecule has 7 heteroatoms. The number of nitrogens with zero attached hydrogens (tertiary/aromatic N) is 2. The normalized spacial score (nSPS) is 11.2. The summed E-state index contributed by atoms with van der Waals surface area (Å²) in [6.45, 7) is 0. The highest BCUT2D eigenvalue weighted by molar-refractivity contribution is 5.63. The minimum Gasteiger partial charge on any atom is -0.505 e. The number of benzene rings is 3. The van der Waals surface area contributed by atoms with E-state index in [9.17, 15) is 18.7 Å². The summed E-state index contributed by atoms with van der Waals surface area (Å²) in [7, 11) is 0. The molecule has 33 heavy (non-hydrogen) atoms. The highest BCUT2D eigenvalue weighted by Gasteiger charge is 2.21. The Balaban J connectivity index is 1.67. The van der Waals surface area contributed by atoms with Crippen LogP contribution in [0, 0.1) is 11.6 Å². The van der Waals surface area contributed by atoms with Gasteiger partial charge in [0.2, 0.25) is 0 Å². The van der Waals surface area contributed by atoms with Crippen LogP contribution in [0.1, 0.15) is 22.5 Å². The molecular formula is C26H19F2N3O2. The number of hydrogen-bond donors (Lipinski definition) is 2. The van der Waals surface area contributed by atoms with E-state index >= 15 is 0 Å². The molecule has 0 bridgehead atoms. The van der Waals surface area contributed by atoms with Gasteiger partial charge in [0.05, 0.1) is 11.4 Å². The van der Waals surface area contributed by atoms with Gasteiger partial charge in [-0.1, -0.05) is 48.5 Å². The zero-order valence-corrected chi connectivity index (χ0v) is 17.4. The lowest BCUT2D eigenvalue weighted by Crippen LogP contribution is -2.18. The summed E-state index contributed by atoms with van der Waals surface area (Å²) < 4.78 is 29.3. The number of fused-ring (bicyclic) bond motifs is 1. The average molecular weight is 443 g/mol. The van der Waals surface area contributed by atoms with Crippen molar-refractivity contribution >= 4 is 0 Å². The van der Waals surface area contributed by atoms with Crippen LogP contribution in [-0.4, -0.2) is 19.6 Å². The molecule has 3 aromatic rings. The number of hydrogen-bond acceptors (Lipinski definition) is 3. The van der Waals surface area contributed by atoms with Crippen LogP contribution in [0.4, 0.5) is 8.78 Å². The summed E-state index contributed by atoms with van der Waals surface area (Å²) in [6, 6.07) is 19.9. The molecule has 5 nitrogen and oxygen atoms in total. The molecule has 0 atom stereocenters. The molecule has 0 unspecified atom stereocenters. The number of aromatic amines is 1. The third-order valence-electron chi connectivity index (χ3n) is 5.53. The Hall–Kier alpha value is -4.26. The topological polar surface area (TPSA) is 70.9 Å². The monoisotopic (exact) mass is 443 g/mol.